The molecule has 0 aliphatic carbocycles. The highest BCUT2D eigenvalue weighted by atomic mass is 35.5. The number of aromatic amines is 1. The fourth-order valence-electron chi connectivity index (χ4n) is 2.66. The van der Waals surface area contributed by atoms with Crippen molar-refractivity contribution in [1.29, 1.82) is 0 Å². The van der Waals surface area contributed by atoms with E-state index < -0.39 is 0 Å². The zero-order valence-corrected chi connectivity index (χ0v) is 14.9. The third kappa shape index (κ3) is 3.47. The minimum atomic E-state index is -0.311. The molecule has 3 heterocycles. The van der Waals surface area contributed by atoms with Gasteiger partial charge in [-0.15, -0.1) is 0 Å². The van der Waals surface area contributed by atoms with E-state index in [0.29, 0.717) is 23.1 Å². The number of carbonyl (C=O) groups is 1. The van der Waals surface area contributed by atoms with Gasteiger partial charge in [0, 0.05) is 22.2 Å². The van der Waals surface area contributed by atoms with Crippen LogP contribution in [0.3, 0.4) is 0 Å². The van der Waals surface area contributed by atoms with Crippen molar-refractivity contribution in [2.24, 2.45) is 0 Å². The first-order valence-electron chi connectivity index (χ1n) is 7.98. The van der Waals surface area contributed by atoms with Gasteiger partial charge in [0.1, 0.15) is 6.26 Å². The molecule has 0 radical (unpaired) electrons. The number of benzene rings is 1. The second kappa shape index (κ2) is 7.08. The Bertz CT molecular complexity index is 1090. The number of rotatable bonds is 5. The molecule has 8 nitrogen and oxygen atoms in total. The van der Waals surface area contributed by atoms with Gasteiger partial charge < -0.3 is 19.5 Å². The van der Waals surface area contributed by atoms with E-state index >= 15 is 0 Å². The van der Waals surface area contributed by atoms with Crippen LogP contribution in [0.2, 0.25) is 5.02 Å². The highest BCUT2D eigenvalue weighted by Crippen LogP contribution is 2.31. The van der Waals surface area contributed by atoms with Crippen molar-refractivity contribution in [3.8, 4) is 17.1 Å². The maximum Gasteiger partial charge on any atom is 0.273 e. The summed E-state index contributed by atoms with van der Waals surface area (Å²) < 4.78 is 9.83. The van der Waals surface area contributed by atoms with E-state index in [2.05, 4.69) is 25.3 Å². The standard InChI is InChI=1S/C18H14ClN5O3/c1-26-17-7-20-15(6-21-17)12-4-14-10(3-13(12)19)2-11(24-14)5-22-18(25)16-8-27-9-23-16/h2-4,6-9,24H,5H2,1H3,(H,22,25). The smallest absolute Gasteiger partial charge is 0.273 e. The highest BCUT2D eigenvalue weighted by molar-refractivity contribution is 6.34. The summed E-state index contributed by atoms with van der Waals surface area (Å²) in [5, 5.41) is 4.26. The lowest BCUT2D eigenvalue weighted by Gasteiger charge is -2.05. The number of carbonyl (C=O) groups excluding carboxylic acids is 1. The van der Waals surface area contributed by atoms with Crippen LogP contribution in [0.25, 0.3) is 22.2 Å². The molecule has 0 aliphatic rings. The molecule has 4 rings (SSSR count). The largest absolute Gasteiger partial charge is 0.480 e. The van der Waals surface area contributed by atoms with Gasteiger partial charge in [-0.1, -0.05) is 11.6 Å². The number of ether oxygens (including phenoxy) is 1. The number of hydrogen-bond acceptors (Lipinski definition) is 6. The number of methoxy groups -OCH3 is 1. The van der Waals surface area contributed by atoms with Gasteiger partial charge in [0.25, 0.3) is 5.91 Å². The minimum absolute atomic E-state index is 0.231. The normalized spacial score (nSPS) is 10.9. The molecule has 1 amide bonds. The maximum atomic E-state index is 11.9. The molecule has 0 saturated heterocycles. The SMILES string of the molecule is COc1cnc(-c2cc3[nH]c(CNC(=O)c4cocn4)cc3cc2Cl)cn1. The van der Waals surface area contributed by atoms with Crippen molar-refractivity contribution < 1.29 is 13.9 Å². The zero-order chi connectivity index (χ0) is 18.8. The van der Waals surface area contributed by atoms with Crippen LogP contribution < -0.4 is 10.1 Å². The number of halogens is 1. The number of oxazole rings is 1. The van der Waals surface area contributed by atoms with Crippen LogP contribution in [0.4, 0.5) is 0 Å². The van der Waals surface area contributed by atoms with Gasteiger partial charge in [-0.05, 0) is 18.2 Å². The number of hydrogen-bond donors (Lipinski definition) is 2. The predicted molar refractivity (Wildman–Crippen MR) is 98.6 cm³/mol. The van der Waals surface area contributed by atoms with Crippen LogP contribution in [0.1, 0.15) is 16.2 Å². The van der Waals surface area contributed by atoms with Crippen LogP contribution in [0, 0.1) is 0 Å². The van der Waals surface area contributed by atoms with Crippen molar-refractivity contribution in [2.75, 3.05) is 7.11 Å². The predicted octanol–water partition coefficient (Wildman–Crippen LogP) is 3.20. The summed E-state index contributed by atoms with van der Waals surface area (Å²) in [6.07, 6.45) is 5.65. The van der Waals surface area contributed by atoms with Crippen LogP contribution in [0.5, 0.6) is 5.88 Å². The van der Waals surface area contributed by atoms with Crippen LogP contribution in [-0.2, 0) is 6.54 Å². The highest BCUT2D eigenvalue weighted by Gasteiger charge is 2.12. The molecule has 4 aromatic rings. The van der Waals surface area contributed by atoms with Gasteiger partial charge in [0.2, 0.25) is 5.88 Å². The summed E-state index contributed by atoms with van der Waals surface area (Å²) in [5.74, 6) is 0.121. The third-order valence-corrected chi connectivity index (χ3v) is 4.29. The third-order valence-electron chi connectivity index (χ3n) is 3.98. The maximum absolute atomic E-state index is 11.9. The van der Waals surface area contributed by atoms with E-state index in [1.807, 2.05) is 18.2 Å². The lowest BCUT2D eigenvalue weighted by atomic mass is 10.1. The molecule has 0 fully saturated rings. The first-order chi connectivity index (χ1) is 13.1. The van der Waals surface area contributed by atoms with Gasteiger partial charge in [-0.25, -0.2) is 15.0 Å². The fourth-order valence-corrected chi connectivity index (χ4v) is 2.92. The molecular formula is C18H14ClN5O3. The quantitative estimate of drug-likeness (QED) is 0.548. The first-order valence-corrected chi connectivity index (χ1v) is 8.36. The molecule has 2 N–H and O–H groups in total. The first kappa shape index (κ1) is 17.0. The van der Waals surface area contributed by atoms with Crippen LogP contribution in [-0.4, -0.2) is 33.0 Å². The molecule has 0 unspecified atom stereocenters. The Hall–Kier alpha value is -3.39. The molecule has 0 aliphatic heterocycles. The Morgan fingerprint density at radius 1 is 1.26 bits per heavy atom. The molecule has 3 aromatic heterocycles. The summed E-state index contributed by atoms with van der Waals surface area (Å²) in [6.45, 7) is 0.315. The monoisotopic (exact) mass is 383 g/mol. The Morgan fingerprint density at radius 3 is 2.85 bits per heavy atom. The average molecular weight is 384 g/mol. The fraction of sp³-hybridized carbons (Fsp3) is 0.111. The average Bonchev–Trinajstić information content (AvgIpc) is 3.35. The number of amides is 1. The Kier molecular flexibility index (Phi) is 4.47. The lowest BCUT2D eigenvalue weighted by molar-refractivity contribution is 0.0945. The summed E-state index contributed by atoms with van der Waals surface area (Å²) >= 11 is 6.41. The number of H-pyrrole nitrogens is 1. The molecule has 1 aromatic carbocycles. The Labute approximate surface area is 158 Å². The summed E-state index contributed by atoms with van der Waals surface area (Å²) in [7, 11) is 1.53. The molecule has 0 atom stereocenters. The molecule has 27 heavy (non-hydrogen) atoms. The molecule has 9 heteroatoms. The van der Waals surface area contributed by atoms with E-state index in [4.69, 9.17) is 20.8 Å². The van der Waals surface area contributed by atoms with Crippen LogP contribution >= 0.6 is 11.6 Å². The molecule has 136 valence electrons. The lowest BCUT2D eigenvalue weighted by Crippen LogP contribution is -2.23. The van der Waals surface area contributed by atoms with Crippen LogP contribution in [0.15, 0.2) is 47.7 Å². The van der Waals surface area contributed by atoms with Crippen molar-refractivity contribution in [2.45, 2.75) is 6.54 Å². The zero-order valence-electron chi connectivity index (χ0n) is 14.2. The molecule has 0 bridgehead atoms. The van der Waals surface area contributed by atoms with E-state index in [1.54, 1.807) is 6.20 Å². The van der Waals surface area contributed by atoms with E-state index in [1.165, 1.54) is 26.0 Å². The van der Waals surface area contributed by atoms with Gasteiger partial charge in [0.15, 0.2) is 12.1 Å². The van der Waals surface area contributed by atoms with Crippen molar-refractivity contribution in [3.63, 3.8) is 0 Å². The topological polar surface area (TPSA) is 106 Å². The van der Waals surface area contributed by atoms with Crippen molar-refractivity contribution in [1.82, 2.24) is 25.3 Å². The molecule has 0 saturated carbocycles. The second-order valence-electron chi connectivity index (χ2n) is 5.71. The second-order valence-corrected chi connectivity index (χ2v) is 6.12. The van der Waals surface area contributed by atoms with Crippen molar-refractivity contribution >= 4 is 28.4 Å². The molecule has 0 spiro atoms. The van der Waals surface area contributed by atoms with Gasteiger partial charge in [0.05, 0.1) is 36.8 Å². The van der Waals surface area contributed by atoms with E-state index in [9.17, 15) is 4.79 Å². The Balaban J connectivity index is 1.58. The van der Waals surface area contributed by atoms with E-state index in [-0.39, 0.29) is 11.6 Å². The summed E-state index contributed by atoms with van der Waals surface area (Å²) in [6, 6.07) is 5.67. The van der Waals surface area contributed by atoms with Gasteiger partial charge in [-0.3, -0.25) is 4.79 Å². The van der Waals surface area contributed by atoms with Gasteiger partial charge in [-0.2, -0.15) is 0 Å². The number of aromatic nitrogens is 4. The van der Waals surface area contributed by atoms with E-state index in [0.717, 1.165) is 22.2 Å². The van der Waals surface area contributed by atoms with Gasteiger partial charge >= 0.3 is 0 Å². The summed E-state index contributed by atoms with van der Waals surface area (Å²) in [5.41, 5.74) is 3.32. The number of nitrogens with zero attached hydrogens (tertiary/aromatic N) is 3. The number of fused-ring (bicyclic) bond motifs is 1. The van der Waals surface area contributed by atoms with Crippen molar-refractivity contribution in [3.05, 3.63) is 59.7 Å². The summed E-state index contributed by atoms with van der Waals surface area (Å²) in [4.78, 5) is 27.5. The number of nitrogens with one attached hydrogen (secondary N) is 2. The minimum Gasteiger partial charge on any atom is -0.480 e. The molecular weight excluding hydrogens is 370 g/mol. The Morgan fingerprint density at radius 2 is 2.15 bits per heavy atom.